The van der Waals surface area contributed by atoms with Crippen molar-refractivity contribution in [3.8, 4) is 0 Å². The standard InChI is InChI=1S/C9H15BrN4/c1-13-6-9(11-12-13)7-14-3-2-8(4-10)5-14/h6,8H,2-5,7H2,1H3. The van der Waals surface area contributed by atoms with E-state index in [1.165, 1.54) is 19.5 Å². The number of nitrogens with zero attached hydrogens (tertiary/aromatic N) is 4. The van der Waals surface area contributed by atoms with Gasteiger partial charge in [0.25, 0.3) is 0 Å². The van der Waals surface area contributed by atoms with Gasteiger partial charge in [-0.25, -0.2) is 0 Å². The van der Waals surface area contributed by atoms with Crippen molar-refractivity contribution in [1.29, 1.82) is 0 Å². The first-order chi connectivity index (χ1) is 6.78. The first-order valence-electron chi connectivity index (χ1n) is 4.91. The molecule has 1 aromatic heterocycles. The molecular weight excluding hydrogens is 244 g/mol. The molecule has 4 nitrogen and oxygen atoms in total. The molecule has 0 N–H and O–H groups in total. The molecule has 0 radical (unpaired) electrons. The third-order valence-corrected chi connectivity index (χ3v) is 3.54. The summed E-state index contributed by atoms with van der Waals surface area (Å²) in [4.78, 5) is 2.44. The normalized spacial score (nSPS) is 23.1. The Morgan fingerprint density at radius 1 is 1.64 bits per heavy atom. The molecule has 2 heterocycles. The largest absolute Gasteiger partial charge is 0.297 e. The minimum atomic E-state index is 0.812. The molecule has 0 amide bonds. The Balaban J connectivity index is 1.87. The van der Waals surface area contributed by atoms with Gasteiger partial charge in [-0.3, -0.25) is 9.58 Å². The van der Waals surface area contributed by atoms with E-state index in [1.807, 2.05) is 13.2 Å². The zero-order chi connectivity index (χ0) is 9.97. The molecule has 14 heavy (non-hydrogen) atoms. The first kappa shape index (κ1) is 10.1. The Morgan fingerprint density at radius 2 is 2.50 bits per heavy atom. The van der Waals surface area contributed by atoms with Crippen LogP contribution in [0.1, 0.15) is 12.1 Å². The molecule has 0 aliphatic carbocycles. The lowest BCUT2D eigenvalue weighted by Gasteiger charge is -2.12. The Morgan fingerprint density at radius 3 is 3.07 bits per heavy atom. The quantitative estimate of drug-likeness (QED) is 0.760. The molecule has 0 bridgehead atoms. The zero-order valence-electron chi connectivity index (χ0n) is 8.36. The highest BCUT2D eigenvalue weighted by atomic mass is 79.9. The lowest BCUT2D eigenvalue weighted by molar-refractivity contribution is 0.317. The average Bonchev–Trinajstić information content (AvgIpc) is 2.76. The third-order valence-electron chi connectivity index (χ3n) is 2.62. The monoisotopic (exact) mass is 258 g/mol. The van der Waals surface area contributed by atoms with E-state index in [9.17, 15) is 0 Å². The van der Waals surface area contributed by atoms with Crippen molar-refractivity contribution in [1.82, 2.24) is 19.9 Å². The van der Waals surface area contributed by atoms with E-state index in [0.717, 1.165) is 23.5 Å². The minimum Gasteiger partial charge on any atom is -0.297 e. The molecule has 1 atom stereocenters. The van der Waals surface area contributed by atoms with E-state index in [4.69, 9.17) is 0 Å². The van der Waals surface area contributed by atoms with Crippen molar-refractivity contribution < 1.29 is 0 Å². The molecule has 0 aromatic carbocycles. The van der Waals surface area contributed by atoms with Crippen molar-refractivity contribution in [3.63, 3.8) is 0 Å². The second-order valence-electron chi connectivity index (χ2n) is 3.93. The summed E-state index contributed by atoms with van der Waals surface area (Å²) in [5, 5.41) is 9.13. The number of halogens is 1. The fourth-order valence-electron chi connectivity index (χ4n) is 1.88. The second kappa shape index (κ2) is 4.40. The molecule has 0 spiro atoms. The maximum Gasteiger partial charge on any atom is 0.0967 e. The molecule has 5 heteroatoms. The molecule has 1 unspecified atom stereocenters. The smallest absolute Gasteiger partial charge is 0.0967 e. The van der Waals surface area contributed by atoms with Crippen molar-refractivity contribution in [3.05, 3.63) is 11.9 Å². The van der Waals surface area contributed by atoms with Crippen LogP contribution in [0.3, 0.4) is 0 Å². The molecule has 1 saturated heterocycles. The van der Waals surface area contributed by atoms with E-state index in [1.54, 1.807) is 4.68 Å². The van der Waals surface area contributed by atoms with Crippen LogP contribution in [0.15, 0.2) is 6.20 Å². The lowest BCUT2D eigenvalue weighted by atomic mass is 10.2. The van der Waals surface area contributed by atoms with Crippen LogP contribution in [0.2, 0.25) is 0 Å². The molecule has 2 rings (SSSR count). The van der Waals surface area contributed by atoms with Crippen LogP contribution in [0.4, 0.5) is 0 Å². The SMILES string of the molecule is Cn1cc(CN2CCC(CBr)C2)nn1. The lowest BCUT2D eigenvalue weighted by Crippen LogP contribution is -2.20. The number of hydrogen-bond donors (Lipinski definition) is 0. The summed E-state index contributed by atoms with van der Waals surface area (Å²) in [5.74, 6) is 0.812. The van der Waals surface area contributed by atoms with Crippen molar-refractivity contribution >= 4 is 15.9 Å². The molecule has 1 fully saturated rings. The van der Waals surface area contributed by atoms with Crippen LogP contribution >= 0.6 is 15.9 Å². The van der Waals surface area contributed by atoms with Crippen LogP contribution < -0.4 is 0 Å². The third kappa shape index (κ3) is 2.33. The van der Waals surface area contributed by atoms with Gasteiger partial charge in [-0.15, -0.1) is 5.10 Å². The Labute approximate surface area is 92.4 Å². The Kier molecular flexibility index (Phi) is 3.18. The van der Waals surface area contributed by atoms with Crippen LogP contribution in [-0.4, -0.2) is 38.3 Å². The maximum absolute atomic E-state index is 4.09. The second-order valence-corrected chi connectivity index (χ2v) is 4.58. The fraction of sp³-hybridized carbons (Fsp3) is 0.778. The summed E-state index contributed by atoms with van der Waals surface area (Å²) in [6, 6.07) is 0. The first-order valence-corrected chi connectivity index (χ1v) is 6.03. The van der Waals surface area contributed by atoms with Gasteiger partial charge in [0.05, 0.1) is 5.69 Å². The van der Waals surface area contributed by atoms with Crippen molar-refractivity contribution in [2.24, 2.45) is 13.0 Å². The van der Waals surface area contributed by atoms with E-state index in [0.29, 0.717) is 0 Å². The highest BCUT2D eigenvalue weighted by Crippen LogP contribution is 2.19. The zero-order valence-corrected chi connectivity index (χ0v) is 9.94. The summed E-state index contributed by atoms with van der Waals surface area (Å²) in [6.07, 6.45) is 3.28. The summed E-state index contributed by atoms with van der Waals surface area (Å²) >= 11 is 3.53. The van der Waals surface area contributed by atoms with Crippen LogP contribution in [0.5, 0.6) is 0 Å². The van der Waals surface area contributed by atoms with Gasteiger partial charge in [-0.05, 0) is 18.9 Å². The summed E-state index contributed by atoms with van der Waals surface area (Å²) in [6.45, 7) is 3.31. The number of hydrogen-bond acceptors (Lipinski definition) is 3. The van der Waals surface area contributed by atoms with Crippen LogP contribution in [0, 0.1) is 5.92 Å². The van der Waals surface area contributed by atoms with Gasteiger partial charge in [-0.1, -0.05) is 21.1 Å². The van der Waals surface area contributed by atoms with Gasteiger partial charge < -0.3 is 0 Å². The van der Waals surface area contributed by atoms with Crippen LogP contribution in [0.25, 0.3) is 0 Å². The van der Waals surface area contributed by atoms with Gasteiger partial charge in [0, 0.05) is 31.7 Å². The van der Waals surface area contributed by atoms with Gasteiger partial charge in [0.2, 0.25) is 0 Å². The molecule has 1 aliphatic heterocycles. The number of aromatic nitrogens is 3. The number of aryl methyl sites for hydroxylation is 1. The average molecular weight is 259 g/mol. The topological polar surface area (TPSA) is 34.0 Å². The highest BCUT2D eigenvalue weighted by molar-refractivity contribution is 9.09. The number of rotatable bonds is 3. The molecule has 1 aliphatic rings. The van der Waals surface area contributed by atoms with Gasteiger partial charge in [-0.2, -0.15) is 0 Å². The van der Waals surface area contributed by atoms with E-state index in [-0.39, 0.29) is 0 Å². The summed E-state index contributed by atoms with van der Waals surface area (Å²) in [7, 11) is 1.90. The summed E-state index contributed by atoms with van der Waals surface area (Å²) < 4.78 is 1.76. The van der Waals surface area contributed by atoms with Gasteiger partial charge in [0.15, 0.2) is 0 Å². The highest BCUT2D eigenvalue weighted by Gasteiger charge is 2.21. The van der Waals surface area contributed by atoms with Crippen molar-refractivity contribution in [2.75, 3.05) is 18.4 Å². The molecular formula is C9H15BrN4. The Bertz CT molecular complexity index is 299. The molecule has 78 valence electrons. The van der Waals surface area contributed by atoms with Gasteiger partial charge >= 0.3 is 0 Å². The van der Waals surface area contributed by atoms with E-state index >= 15 is 0 Å². The maximum atomic E-state index is 4.09. The summed E-state index contributed by atoms with van der Waals surface area (Å²) in [5.41, 5.74) is 1.07. The van der Waals surface area contributed by atoms with E-state index < -0.39 is 0 Å². The van der Waals surface area contributed by atoms with Gasteiger partial charge in [0.1, 0.15) is 0 Å². The number of likely N-dealkylation sites (tertiary alicyclic amines) is 1. The molecule has 1 aromatic rings. The minimum absolute atomic E-state index is 0.812. The van der Waals surface area contributed by atoms with Crippen molar-refractivity contribution in [2.45, 2.75) is 13.0 Å². The predicted octanol–water partition coefficient (Wildman–Crippen LogP) is 1.03. The van der Waals surface area contributed by atoms with E-state index in [2.05, 4.69) is 31.1 Å². The van der Waals surface area contributed by atoms with Crippen LogP contribution in [-0.2, 0) is 13.6 Å². The number of alkyl halides is 1. The molecule has 0 saturated carbocycles. The fourth-order valence-corrected chi connectivity index (χ4v) is 2.41. The Hall–Kier alpha value is -0.420. The predicted molar refractivity (Wildman–Crippen MR) is 58.2 cm³/mol.